The van der Waals surface area contributed by atoms with Gasteiger partial charge in [-0.25, -0.2) is 13.0 Å². The van der Waals surface area contributed by atoms with E-state index < -0.39 is 26.9 Å². The van der Waals surface area contributed by atoms with Crippen LogP contribution in [0.1, 0.15) is 38.5 Å². The SMILES string of the molecule is O=C(C(CCn1ccnc1[N+](=O)[O-])NS(=O)(=O)c1c(Cl)cc(Cl)cc1Cl)N1CC[C@@H]2CCCC[C@H]2C1. The Labute approximate surface area is 224 Å². The number of nitrogens with one attached hydrogen (secondary N) is 1. The number of sulfonamides is 1. The summed E-state index contributed by atoms with van der Waals surface area (Å²) in [5.41, 5.74) is 0. The van der Waals surface area contributed by atoms with Gasteiger partial charge >= 0.3 is 5.95 Å². The lowest BCUT2D eigenvalue weighted by molar-refractivity contribution is -0.396. The zero-order chi connectivity index (χ0) is 26.0. The van der Waals surface area contributed by atoms with Crippen LogP contribution in [0.4, 0.5) is 5.95 Å². The maximum atomic E-state index is 13.6. The van der Waals surface area contributed by atoms with Crippen LogP contribution in [0.25, 0.3) is 0 Å². The van der Waals surface area contributed by atoms with Crippen LogP contribution in [0.3, 0.4) is 0 Å². The molecular weight excluding hydrogens is 553 g/mol. The molecule has 2 aromatic rings. The molecule has 10 nitrogen and oxygen atoms in total. The fourth-order valence-electron chi connectivity index (χ4n) is 5.20. The predicted molar refractivity (Wildman–Crippen MR) is 136 cm³/mol. The van der Waals surface area contributed by atoms with Crippen LogP contribution in [0.2, 0.25) is 15.1 Å². The molecule has 196 valence electrons. The van der Waals surface area contributed by atoms with E-state index in [1.165, 1.54) is 35.5 Å². The molecule has 2 fully saturated rings. The van der Waals surface area contributed by atoms with Gasteiger partial charge in [0.2, 0.25) is 15.9 Å². The zero-order valence-electron chi connectivity index (χ0n) is 19.3. The number of rotatable bonds is 8. The number of benzene rings is 1. The third-order valence-corrected chi connectivity index (χ3v) is 9.56. The van der Waals surface area contributed by atoms with Gasteiger partial charge in [-0.05, 0) is 41.7 Å². The van der Waals surface area contributed by atoms with Gasteiger partial charge in [0, 0.05) is 24.5 Å². The maximum Gasteiger partial charge on any atom is 0.434 e. The molecule has 1 aromatic carbocycles. The molecule has 1 aliphatic heterocycles. The standard InChI is InChI=1S/C22H26Cl3N5O5S/c23-16-11-17(24)20(18(25)12-16)36(34,35)27-19(6-9-28-10-7-26-22(28)30(32)33)21(31)29-8-5-14-3-1-2-4-15(14)13-29/h7,10-12,14-15,19,27H,1-6,8-9,13H2/t14-,15-,19?/m0/s1. The largest absolute Gasteiger partial charge is 0.434 e. The summed E-state index contributed by atoms with van der Waals surface area (Å²) < 4.78 is 30.4. The van der Waals surface area contributed by atoms with Crippen molar-refractivity contribution in [3.05, 3.63) is 49.7 Å². The molecule has 36 heavy (non-hydrogen) atoms. The number of amides is 1. The number of likely N-dealkylation sites (tertiary alicyclic amines) is 1. The van der Waals surface area contributed by atoms with Crippen LogP contribution in [0, 0.1) is 22.0 Å². The molecule has 1 unspecified atom stereocenters. The Bertz CT molecular complexity index is 1230. The topological polar surface area (TPSA) is 127 Å². The van der Waals surface area contributed by atoms with E-state index in [1.807, 2.05) is 0 Å². The number of hydrogen-bond acceptors (Lipinski definition) is 6. The molecule has 14 heteroatoms. The minimum absolute atomic E-state index is 0.00276. The Morgan fingerprint density at radius 3 is 2.50 bits per heavy atom. The fraction of sp³-hybridized carbons (Fsp3) is 0.545. The average molecular weight is 579 g/mol. The lowest BCUT2D eigenvalue weighted by Gasteiger charge is -2.42. The molecule has 1 saturated carbocycles. The van der Waals surface area contributed by atoms with E-state index in [4.69, 9.17) is 34.8 Å². The number of halogens is 3. The number of fused-ring (bicyclic) bond motifs is 1. The molecule has 2 heterocycles. The summed E-state index contributed by atoms with van der Waals surface area (Å²) in [6.45, 7) is 1.10. The highest BCUT2D eigenvalue weighted by atomic mass is 35.5. The van der Waals surface area contributed by atoms with Crippen molar-refractivity contribution in [1.82, 2.24) is 19.2 Å². The summed E-state index contributed by atoms with van der Waals surface area (Å²) >= 11 is 18.2. The van der Waals surface area contributed by atoms with Crippen molar-refractivity contribution in [2.45, 2.75) is 56.0 Å². The highest BCUT2D eigenvalue weighted by molar-refractivity contribution is 7.89. The van der Waals surface area contributed by atoms with Gasteiger partial charge in [-0.3, -0.25) is 4.79 Å². The van der Waals surface area contributed by atoms with Gasteiger partial charge in [0.25, 0.3) is 0 Å². The first-order chi connectivity index (χ1) is 17.1. The molecular formula is C22H26Cl3N5O5S. The summed E-state index contributed by atoms with van der Waals surface area (Å²) in [6.07, 6.45) is 8.04. The molecule has 1 N–H and O–H groups in total. The summed E-state index contributed by atoms with van der Waals surface area (Å²) in [4.78, 5) is 29.3. The van der Waals surface area contributed by atoms with E-state index in [9.17, 15) is 23.3 Å². The Morgan fingerprint density at radius 1 is 1.17 bits per heavy atom. The van der Waals surface area contributed by atoms with Crippen LogP contribution in [-0.4, -0.2) is 52.8 Å². The highest BCUT2D eigenvalue weighted by Crippen LogP contribution is 2.37. The minimum atomic E-state index is -4.34. The molecule has 4 rings (SSSR count). The Morgan fingerprint density at radius 2 is 1.83 bits per heavy atom. The lowest BCUT2D eigenvalue weighted by Crippen LogP contribution is -2.53. The van der Waals surface area contributed by atoms with Crippen LogP contribution in [0.15, 0.2) is 29.4 Å². The van der Waals surface area contributed by atoms with Crippen molar-refractivity contribution in [2.75, 3.05) is 13.1 Å². The number of carbonyl (C=O) groups excluding carboxylic acids is 1. The van der Waals surface area contributed by atoms with Crippen molar-refractivity contribution in [2.24, 2.45) is 11.8 Å². The summed E-state index contributed by atoms with van der Waals surface area (Å²) in [6, 6.07) is 1.31. The Hall–Kier alpha value is -1.92. The van der Waals surface area contributed by atoms with Crippen molar-refractivity contribution in [3.8, 4) is 0 Å². The van der Waals surface area contributed by atoms with E-state index in [0.717, 1.165) is 25.7 Å². The number of aromatic nitrogens is 2. The van der Waals surface area contributed by atoms with Crippen molar-refractivity contribution in [3.63, 3.8) is 0 Å². The minimum Gasteiger partial charge on any atom is -0.390 e. The predicted octanol–water partition coefficient (Wildman–Crippen LogP) is 4.53. The first-order valence-corrected chi connectivity index (χ1v) is 14.3. The second kappa shape index (κ2) is 11.2. The van der Waals surface area contributed by atoms with Crippen LogP contribution < -0.4 is 4.72 Å². The number of piperidine rings is 1. The van der Waals surface area contributed by atoms with Crippen LogP contribution in [0.5, 0.6) is 0 Å². The summed E-state index contributed by atoms with van der Waals surface area (Å²) in [5.74, 6) is 0.198. The van der Waals surface area contributed by atoms with Gasteiger partial charge in [0.1, 0.15) is 23.3 Å². The third-order valence-electron chi connectivity index (χ3n) is 6.95. The maximum absolute atomic E-state index is 13.6. The van der Waals surface area contributed by atoms with E-state index in [1.54, 1.807) is 4.90 Å². The molecule has 0 bridgehead atoms. The van der Waals surface area contributed by atoms with Crippen molar-refractivity contribution >= 4 is 56.7 Å². The summed E-state index contributed by atoms with van der Waals surface area (Å²) in [5, 5.41) is 11.1. The Balaban J connectivity index is 1.59. The number of hydrogen-bond donors (Lipinski definition) is 1. The van der Waals surface area contributed by atoms with Gasteiger partial charge in [-0.1, -0.05) is 59.0 Å². The number of nitrogens with zero attached hydrogens (tertiary/aromatic N) is 4. The first-order valence-electron chi connectivity index (χ1n) is 11.7. The number of carbonyl (C=O) groups is 1. The quantitative estimate of drug-likeness (QED) is 0.362. The third kappa shape index (κ3) is 5.96. The van der Waals surface area contributed by atoms with Gasteiger partial charge in [0.05, 0.1) is 16.6 Å². The monoisotopic (exact) mass is 577 g/mol. The van der Waals surface area contributed by atoms with Gasteiger partial charge in [-0.15, -0.1) is 0 Å². The molecule has 2 aliphatic rings. The van der Waals surface area contributed by atoms with Crippen LogP contribution >= 0.6 is 34.8 Å². The molecule has 1 amide bonds. The van der Waals surface area contributed by atoms with Gasteiger partial charge in [0.15, 0.2) is 0 Å². The molecule has 1 aliphatic carbocycles. The molecule has 0 radical (unpaired) electrons. The Kier molecular flexibility index (Phi) is 8.45. The molecule has 3 atom stereocenters. The molecule has 0 spiro atoms. The van der Waals surface area contributed by atoms with E-state index in [2.05, 4.69) is 9.71 Å². The number of nitro groups is 1. The fourth-order valence-corrected chi connectivity index (χ4v) is 7.97. The normalized spacial score (nSPS) is 21.1. The van der Waals surface area contributed by atoms with E-state index in [-0.39, 0.29) is 38.8 Å². The van der Waals surface area contributed by atoms with Gasteiger partial charge in [-0.2, -0.15) is 4.72 Å². The van der Waals surface area contributed by atoms with E-state index in [0.29, 0.717) is 24.9 Å². The molecule has 1 saturated heterocycles. The number of aryl methyl sites for hydroxylation is 1. The van der Waals surface area contributed by atoms with E-state index >= 15 is 0 Å². The average Bonchev–Trinajstić information content (AvgIpc) is 3.29. The smallest absolute Gasteiger partial charge is 0.390 e. The van der Waals surface area contributed by atoms with Gasteiger partial charge < -0.3 is 15.0 Å². The highest BCUT2D eigenvalue weighted by Gasteiger charge is 2.37. The van der Waals surface area contributed by atoms with Crippen LogP contribution in [-0.2, 0) is 21.4 Å². The van der Waals surface area contributed by atoms with Crippen molar-refractivity contribution < 1.29 is 18.1 Å². The zero-order valence-corrected chi connectivity index (χ0v) is 22.4. The first kappa shape index (κ1) is 27.1. The summed E-state index contributed by atoms with van der Waals surface area (Å²) in [7, 11) is -4.34. The molecule has 1 aromatic heterocycles. The second-order valence-corrected chi connectivity index (χ2v) is 12.1. The number of imidazole rings is 1. The van der Waals surface area contributed by atoms with Crippen molar-refractivity contribution in [1.29, 1.82) is 0 Å². The second-order valence-electron chi connectivity index (χ2n) is 9.22. The lowest BCUT2D eigenvalue weighted by atomic mass is 9.75.